The maximum atomic E-state index is 4.12. The fourth-order valence-electron chi connectivity index (χ4n) is 1.52. The molecular formula is C12H18N4S2. The fraction of sp³-hybridized carbons (Fsp3) is 0.500. The highest BCUT2D eigenvalue weighted by molar-refractivity contribution is 7.99. The molecule has 0 aromatic carbocycles. The second kappa shape index (κ2) is 6.36. The molecule has 0 radical (unpaired) electrons. The van der Waals surface area contributed by atoms with Crippen molar-refractivity contribution in [1.82, 2.24) is 20.1 Å². The molecule has 0 unspecified atom stereocenters. The molecule has 98 valence electrons. The third-order valence-electron chi connectivity index (χ3n) is 2.66. The zero-order valence-corrected chi connectivity index (χ0v) is 12.6. The van der Waals surface area contributed by atoms with Crippen LogP contribution in [0.4, 0.5) is 0 Å². The molecule has 2 rings (SSSR count). The van der Waals surface area contributed by atoms with Crippen molar-refractivity contribution in [1.29, 1.82) is 0 Å². The van der Waals surface area contributed by atoms with Crippen LogP contribution in [0.25, 0.3) is 0 Å². The summed E-state index contributed by atoms with van der Waals surface area (Å²) >= 11 is 3.59. The first kappa shape index (κ1) is 13.6. The van der Waals surface area contributed by atoms with Gasteiger partial charge in [0.2, 0.25) is 0 Å². The first-order valence-electron chi connectivity index (χ1n) is 5.91. The van der Waals surface area contributed by atoms with E-state index in [9.17, 15) is 0 Å². The van der Waals surface area contributed by atoms with Gasteiger partial charge >= 0.3 is 0 Å². The zero-order chi connectivity index (χ0) is 13.0. The summed E-state index contributed by atoms with van der Waals surface area (Å²) in [6.07, 6.45) is 0. The molecule has 0 atom stereocenters. The molecular weight excluding hydrogens is 264 g/mol. The van der Waals surface area contributed by atoms with Gasteiger partial charge in [-0.2, -0.15) is 0 Å². The average Bonchev–Trinajstić information content (AvgIpc) is 2.89. The van der Waals surface area contributed by atoms with E-state index in [4.69, 9.17) is 0 Å². The monoisotopic (exact) mass is 282 g/mol. The topological polar surface area (TPSA) is 42.7 Å². The smallest absolute Gasteiger partial charge is 0.190 e. The predicted octanol–water partition coefficient (Wildman–Crippen LogP) is 2.38. The zero-order valence-electron chi connectivity index (χ0n) is 10.9. The summed E-state index contributed by atoms with van der Waals surface area (Å²) < 4.78 is 2.02. The van der Waals surface area contributed by atoms with Crippen LogP contribution in [-0.4, -0.2) is 27.1 Å². The SMILES string of the molecule is Cc1ccc(CNCCSc2nnc(C)n2C)s1. The Labute approximate surface area is 116 Å². The summed E-state index contributed by atoms with van der Waals surface area (Å²) in [5.41, 5.74) is 0. The number of hydrogen-bond donors (Lipinski definition) is 1. The molecule has 2 heterocycles. The molecule has 0 aliphatic heterocycles. The lowest BCUT2D eigenvalue weighted by molar-refractivity contribution is 0.734. The van der Waals surface area contributed by atoms with E-state index in [1.807, 2.05) is 29.9 Å². The minimum Gasteiger partial charge on any atom is -0.311 e. The Balaban J connectivity index is 1.66. The highest BCUT2D eigenvalue weighted by atomic mass is 32.2. The molecule has 6 heteroatoms. The normalized spacial score (nSPS) is 11.1. The van der Waals surface area contributed by atoms with E-state index in [-0.39, 0.29) is 0 Å². The van der Waals surface area contributed by atoms with Crippen LogP contribution in [0.2, 0.25) is 0 Å². The Morgan fingerprint density at radius 3 is 2.78 bits per heavy atom. The Morgan fingerprint density at radius 2 is 2.17 bits per heavy atom. The molecule has 0 amide bonds. The van der Waals surface area contributed by atoms with Crippen molar-refractivity contribution in [2.24, 2.45) is 7.05 Å². The van der Waals surface area contributed by atoms with E-state index in [0.717, 1.165) is 29.8 Å². The second-order valence-electron chi connectivity index (χ2n) is 4.13. The Bertz CT molecular complexity index is 504. The van der Waals surface area contributed by atoms with Gasteiger partial charge in [-0.05, 0) is 26.0 Å². The molecule has 2 aromatic rings. The Morgan fingerprint density at radius 1 is 1.33 bits per heavy atom. The maximum Gasteiger partial charge on any atom is 0.190 e. The van der Waals surface area contributed by atoms with Crippen molar-refractivity contribution >= 4 is 23.1 Å². The minimum atomic E-state index is 0.955. The third-order valence-corrected chi connectivity index (χ3v) is 4.68. The van der Waals surface area contributed by atoms with Gasteiger partial charge in [0.1, 0.15) is 5.82 Å². The van der Waals surface area contributed by atoms with Crippen LogP contribution in [0.5, 0.6) is 0 Å². The number of thioether (sulfide) groups is 1. The van der Waals surface area contributed by atoms with E-state index >= 15 is 0 Å². The quantitative estimate of drug-likeness (QED) is 0.652. The van der Waals surface area contributed by atoms with E-state index in [1.165, 1.54) is 9.75 Å². The molecule has 4 nitrogen and oxygen atoms in total. The number of aryl methyl sites for hydroxylation is 2. The van der Waals surface area contributed by atoms with Crippen molar-refractivity contribution in [2.45, 2.75) is 25.5 Å². The summed E-state index contributed by atoms with van der Waals surface area (Å²) in [7, 11) is 2.00. The number of aromatic nitrogens is 3. The van der Waals surface area contributed by atoms with Crippen LogP contribution in [-0.2, 0) is 13.6 Å². The van der Waals surface area contributed by atoms with Gasteiger partial charge in [0.05, 0.1) is 0 Å². The van der Waals surface area contributed by atoms with Crippen LogP contribution in [0.1, 0.15) is 15.6 Å². The fourth-order valence-corrected chi connectivity index (χ4v) is 3.23. The molecule has 0 fully saturated rings. The van der Waals surface area contributed by atoms with E-state index in [0.29, 0.717) is 0 Å². The minimum absolute atomic E-state index is 0.955. The van der Waals surface area contributed by atoms with E-state index in [2.05, 4.69) is 34.6 Å². The molecule has 0 spiro atoms. The Hall–Kier alpha value is -0.850. The van der Waals surface area contributed by atoms with Crippen molar-refractivity contribution in [3.63, 3.8) is 0 Å². The number of rotatable bonds is 6. The highest BCUT2D eigenvalue weighted by Crippen LogP contribution is 2.15. The number of nitrogens with zero attached hydrogens (tertiary/aromatic N) is 3. The lowest BCUT2D eigenvalue weighted by atomic mass is 10.4. The van der Waals surface area contributed by atoms with Gasteiger partial charge in [0.15, 0.2) is 5.16 Å². The summed E-state index contributed by atoms with van der Waals surface area (Å²) in [4.78, 5) is 2.77. The average molecular weight is 282 g/mol. The van der Waals surface area contributed by atoms with Gasteiger partial charge in [-0.3, -0.25) is 0 Å². The number of nitrogens with one attached hydrogen (secondary N) is 1. The van der Waals surface area contributed by atoms with Crippen molar-refractivity contribution in [2.75, 3.05) is 12.3 Å². The van der Waals surface area contributed by atoms with Gasteiger partial charge < -0.3 is 9.88 Å². The maximum absolute atomic E-state index is 4.12. The van der Waals surface area contributed by atoms with Gasteiger partial charge in [-0.1, -0.05) is 11.8 Å². The molecule has 18 heavy (non-hydrogen) atoms. The molecule has 0 saturated carbocycles. The third kappa shape index (κ3) is 3.57. The van der Waals surface area contributed by atoms with E-state index in [1.54, 1.807) is 11.8 Å². The lowest BCUT2D eigenvalue weighted by Gasteiger charge is -2.03. The second-order valence-corrected chi connectivity index (χ2v) is 6.56. The number of thiophene rings is 1. The van der Waals surface area contributed by atoms with Crippen LogP contribution >= 0.6 is 23.1 Å². The van der Waals surface area contributed by atoms with Crippen LogP contribution in [0.15, 0.2) is 17.3 Å². The van der Waals surface area contributed by atoms with Crippen molar-refractivity contribution < 1.29 is 0 Å². The predicted molar refractivity (Wildman–Crippen MR) is 77.2 cm³/mol. The van der Waals surface area contributed by atoms with Gasteiger partial charge in [0, 0.05) is 35.6 Å². The molecule has 0 aliphatic carbocycles. The standard InChI is InChI=1S/C12H18N4S2/c1-9-4-5-11(18-9)8-13-6-7-17-12-15-14-10(2)16(12)3/h4-5,13H,6-8H2,1-3H3. The first-order valence-corrected chi connectivity index (χ1v) is 7.72. The summed E-state index contributed by atoms with van der Waals surface area (Å²) in [6, 6.07) is 4.35. The largest absolute Gasteiger partial charge is 0.311 e. The van der Waals surface area contributed by atoms with Crippen LogP contribution in [0.3, 0.4) is 0 Å². The lowest BCUT2D eigenvalue weighted by Crippen LogP contribution is -2.16. The molecule has 1 N–H and O–H groups in total. The van der Waals surface area contributed by atoms with Gasteiger partial charge in [-0.15, -0.1) is 21.5 Å². The summed E-state index contributed by atoms with van der Waals surface area (Å²) in [5.74, 6) is 1.97. The van der Waals surface area contributed by atoms with E-state index < -0.39 is 0 Å². The highest BCUT2D eigenvalue weighted by Gasteiger charge is 2.04. The van der Waals surface area contributed by atoms with Crippen LogP contribution in [0, 0.1) is 13.8 Å². The molecule has 2 aromatic heterocycles. The van der Waals surface area contributed by atoms with Gasteiger partial charge in [0.25, 0.3) is 0 Å². The Kier molecular flexibility index (Phi) is 4.79. The summed E-state index contributed by atoms with van der Waals surface area (Å²) in [6.45, 7) is 6.04. The molecule has 0 bridgehead atoms. The number of hydrogen-bond acceptors (Lipinski definition) is 5. The molecule has 0 saturated heterocycles. The first-order chi connectivity index (χ1) is 8.66. The van der Waals surface area contributed by atoms with Crippen molar-refractivity contribution in [3.8, 4) is 0 Å². The summed E-state index contributed by atoms with van der Waals surface area (Å²) in [5, 5.41) is 12.6. The van der Waals surface area contributed by atoms with Crippen molar-refractivity contribution in [3.05, 3.63) is 27.7 Å². The molecule has 0 aliphatic rings. The van der Waals surface area contributed by atoms with Gasteiger partial charge in [-0.25, -0.2) is 0 Å². The van der Waals surface area contributed by atoms with Crippen LogP contribution < -0.4 is 5.32 Å².